The van der Waals surface area contributed by atoms with Gasteiger partial charge in [0.2, 0.25) is 0 Å². The number of hydrogen-bond acceptors (Lipinski definition) is 3. The molecular formula is C20H25N2O2S+. The fourth-order valence-electron chi connectivity index (χ4n) is 3.24. The second-order valence-corrected chi connectivity index (χ2v) is 6.66. The standard InChI is InChI=1S/C20H24N2O2S/c1-23-18-9-8-17(14-19(18)24-2)20(25)22-12-10-21(11-13-22)15-16-6-4-3-5-7-16/h3-9,14H,10-13,15H2,1-2H3/p+1. The van der Waals surface area contributed by atoms with Crippen molar-refractivity contribution < 1.29 is 14.4 Å². The number of methoxy groups -OCH3 is 2. The van der Waals surface area contributed by atoms with Crippen LogP contribution in [0, 0.1) is 0 Å². The molecule has 1 saturated heterocycles. The van der Waals surface area contributed by atoms with Gasteiger partial charge in [-0.1, -0.05) is 42.5 Å². The predicted octanol–water partition coefficient (Wildman–Crippen LogP) is 1.78. The number of benzene rings is 2. The van der Waals surface area contributed by atoms with Crippen molar-refractivity contribution in [1.29, 1.82) is 0 Å². The molecule has 0 aromatic heterocycles. The second-order valence-electron chi connectivity index (χ2n) is 6.27. The summed E-state index contributed by atoms with van der Waals surface area (Å²) in [5.41, 5.74) is 2.41. The Labute approximate surface area is 155 Å². The van der Waals surface area contributed by atoms with Gasteiger partial charge in [-0.05, 0) is 18.2 Å². The molecule has 1 aliphatic rings. The zero-order valence-corrected chi connectivity index (χ0v) is 15.6. The quantitative estimate of drug-likeness (QED) is 0.825. The summed E-state index contributed by atoms with van der Waals surface area (Å²) in [5.74, 6) is 1.45. The molecule has 0 bridgehead atoms. The molecule has 0 atom stereocenters. The van der Waals surface area contributed by atoms with E-state index in [1.54, 1.807) is 19.1 Å². The van der Waals surface area contributed by atoms with Crippen LogP contribution in [0.25, 0.3) is 0 Å². The Morgan fingerprint density at radius 2 is 1.68 bits per heavy atom. The number of nitrogens with zero attached hydrogens (tertiary/aromatic N) is 1. The van der Waals surface area contributed by atoms with Crippen LogP contribution in [0.2, 0.25) is 0 Å². The first-order chi connectivity index (χ1) is 12.2. The minimum atomic E-state index is 0.718. The Bertz CT molecular complexity index is 713. The Kier molecular flexibility index (Phi) is 5.89. The maximum absolute atomic E-state index is 5.72. The van der Waals surface area contributed by atoms with E-state index in [9.17, 15) is 0 Å². The van der Waals surface area contributed by atoms with E-state index in [1.807, 2.05) is 18.2 Å². The molecule has 1 fully saturated rings. The molecule has 0 spiro atoms. The third kappa shape index (κ3) is 4.30. The Balaban J connectivity index is 1.60. The molecule has 2 aromatic rings. The van der Waals surface area contributed by atoms with Gasteiger partial charge in [0.15, 0.2) is 11.5 Å². The molecule has 5 heteroatoms. The molecular weight excluding hydrogens is 332 g/mol. The SMILES string of the molecule is COc1ccc(C(=S)N2CC[NH+](Cc3ccccc3)CC2)cc1OC. The van der Waals surface area contributed by atoms with Gasteiger partial charge >= 0.3 is 0 Å². The molecule has 0 radical (unpaired) electrons. The number of thiocarbonyl (C=S) groups is 1. The van der Waals surface area contributed by atoms with E-state index in [0.29, 0.717) is 0 Å². The van der Waals surface area contributed by atoms with Gasteiger partial charge in [-0.25, -0.2) is 0 Å². The summed E-state index contributed by atoms with van der Waals surface area (Å²) in [6.45, 7) is 5.24. The van der Waals surface area contributed by atoms with Crippen LogP contribution in [0.1, 0.15) is 11.1 Å². The lowest BCUT2D eigenvalue weighted by molar-refractivity contribution is -0.917. The van der Waals surface area contributed by atoms with Gasteiger partial charge in [-0.15, -0.1) is 0 Å². The van der Waals surface area contributed by atoms with Gasteiger partial charge < -0.3 is 19.3 Å². The van der Waals surface area contributed by atoms with Gasteiger partial charge in [0.1, 0.15) is 11.5 Å². The largest absolute Gasteiger partial charge is 0.493 e. The lowest BCUT2D eigenvalue weighted by Gasteiger charge is -2.34. The van der Waals surface area contributed by atoms with Crippen molar-refractivity contribution in [3.8, 4) is 11.5 Å². The van der Waals surface area contributed by atoms with Crippen LogP contribution >= 0.6 is 12.2 Å². The minimum Gasteiger partial charge on any atom is -0.493 e. The molecule has 1 N–H and O–H groups in total. The van der Waals surface area contributed by atoms with Crippen LogP contribution in [0.4, 0.5) is 0 Å². The summed E-state index contributed by atoms with van der Waals surface area (Å²) in [4.78, 5) is 4.79. The summed E-state index contributed by atoms with van der Waals surface area (Å²) >= 11 is 5.72. The molecule has 0 amide bonds. The molecule has 4 nitrogen and oxygen atoms in total. The molecule has 0 saturated carbocycles. The summed E-state index contributed by atoms with van der Waals surface area (Å²) in [6.07, 6.45) is 0. The first-order valence-corrected chi connectivity index (χ1v) is 9.01. The molecule has 132 valence electrons. The fourth-order valence-corrected chi connectivity index (χ4v) is 3.55. The zero-order chi connectivity index (χ0) is 17.6. The molecule has 1 aliphatic heterocycles. The van der Waals surface area contributed by atoms with Gasteiger partial charge in [0.25, 0.3) is 0 Å². The van der Waals surface area contributed by atoms with Gasteiger partial charge in [0, 0.05) is 11.1 Å². The normalized spacial score (nSPS) is 15.0. The van der Waals surface area contributed by atoms with E-state index in [2.05, 4.69) is 35.2 Å². The molecule has 1 heterocycles. The molecule has 2 aromatic carbocycles. The fraction of sp³-hybridized carbons (Fsp3) is 0.350. The van der Waals surface area contributed by atoms with E-state index in [4.69, 9.17) is 21.7 Å². The third-order valence-corrected chi connectivity index (χ3v) is 5.18. The van der Waals surface area contributed by atoms with Crippen molar-refractivity contribution in [2.24, 2.45) is 0 Å². The maximum Gasteiger partial charge on any atom is 0.161 e. The first-order valence-electron chi connectivity index (χ1n) is 8.60. The van der Waals surface area contributed by atoms with Gasteiger partial charge in [-0.2, -0.15) is 0 Å². The predicted molar refractivity (Wildman–Crippen MR) is 104 cm³/mol. The highest BCUT2D eigenvalue weighted by Gasteiger charge is 2.23. The smallest absolute Gasteiger partial charge is 0.161 e. The average Bonchev–Trinajstić information content (AvgIpc) is 2.68. The third-order valence-electron chi connectivity index (χ3n) is 4.69. The summed E-state index contributed by atoms with van der Waals surface area (Å²) in [7, 11) is 3.29. The van der Waals surface area contributed by atoms with Gasteiger partial charge in [-0.3, -0.25) is 0 Å². The highest BCUT2D eigenvalue weighted by Crippen LogP contribution is 2.28. The number of quaternary nitrogens is 1. The number of rotatable bonds is 5. The van der Waals surface area contributed by atoms with Crippen LogP contribution in [0.5, 0.6) is 11.5 Å². The molecule has 0 unspecified atom stereocenters. The van der Waals surface area contributed by atoms with Crippen LogP contribution < -0.4 is 14.4 Å². The lowest BCUT2D eigenvalue weighted by Crippen LogP contribution is -3.13. The summed E-state index contributed by atoms with van der Waals surface area (Å²) in [5, 5.41) is 0. The average molecular weight is 357 g/mol. The maximum atomic E-state index is 5.72. The van der Waals surface area contributed by atoms with Crippen molar-refractivity contribution in [3.05, 3.63) is 59.7 Å². The number of hydrogen-bond donors (Lipinski definition) is 1. The van der Waals surface area contributed by atoms with Crippen molar-refractivity contribution in [3.63, 3.8) is 0 Å². The number of ether oxygens (including phenoxy) is 2. The van der Waals surface area contributed by atoms with Crippen LogP contribution in [0.3, 0.4) is 0 Å². The minimum absolute atomic E-state index is 0.718. The van der Waals surface area contributed by atoms with Crippen LogP contribution in [-0.4, -0.2) is 50.3 Å². The molecule has 25 heavy (non-hydrogen) atoms. The lowest BCUT2D eigenvalue weighted by atomic mass is 10.1. The van der Waals surface area contributed by atoms with E-state index < -0.39 is 0 Å². The van der Waals surface area contributed by atoms with Crippen molar-refractivity contribution in [2.45, 2.75) is 6.54 Å². The Morgan fingerprint density at radius 1 is 1.00 bits per heavy atom. The van der Waals surface area contributed by atoms with Crippen LogP contribution in [0.15, 0.2) is 48.5 Å². The molecule has 0 aliphatic carbocycles. The topological polar surface area (TPSA) is 26.1 Å². The highest BCUT2D eigenvalue weighted by molar-refractivity contribution is 7.80. The Hall–Kier alpha value is -2.11. The van der Waals surface area contributed by atoms with E-state index in [-0.39, 0.29) is 0 Å². The van der Waals surface area contributed by atoms with Crippen molar-refractivity contribution >= 4 is 17.2 Å². The first kappa shape index (κ1) is 17.7. The second kappa shape index (κ2) is 8.32. The Morgan fingerprint density at radius 3 is 2.32 bits per heavy atom. The van der Waals surface area contributed by atoms with Crippen molar-refractivity contribution in [1.82, 2.24) is 4.90 Å². The van der Waals surface area contributed by atoms with Crippen molar-refractivity contribution in [2.75, 3.05) is 40.4 Å². The van der Waals surface area contributed by atoms with E-state index in [0.717, 1.165) is 54.8 Å². The monoisotopic (exact) mass is 357 g/mol. The summed E-state index contributed by atoms with van der Waals surface area (Å²) < 4.78 is 10.7. The van der Waals surface area contributed by atoms with E-state index >= 15 is 0 Å². The number of piperazine rings is 1. The number of nitrogens with one attached hydrogen (secondary N) is 1. The zero-order valence-electron chi connectivity index (χ0n) is 14.8. The van der Waals surface area contributed by atoms with Gasteiger partial charge in [0.05, 0.1) is 40.4 Å². The highest BCUT2D eigenvalue weighted by atomic mass is 32.1. The van der Waals surface area contributed by atoms with E-state index in [1.165, 1.54) is 5.56 Å². The van der Waals surface area contributed by atoms with Crippen LogP contribution in [-0.2, 0) is 6.54 Å². The summed E-state index contributed by atoms with van der Waals surface area (Å²) in [6, 6.07) is 16.6. The molecule has 3 rings (SSSR count).